The van der Waals surface area contributed by atoms with Crippen molar-refractivity contribution in [3.05, 3.63) is 65.5 Å². The van der Waals surface area contributed by atoms with Crippen LogP contribution in [-0.2, 0) is 11.2 Å². The summed E-state index contributed by atoms with van der Waals surface area (Å²) < 4.78 is 18.6. The largest absolute Gasteiger partial charge is 0.480 e. The minimum Gasteiger partial charge on any atom is -0.480 e. The van der Waals surface area contributed by atoms with Gasteiger partial charge in [0.25, 0.3) is 5.91 Å². The summed E-state index contributed by atoms with van der Waals surface area (Å²) in [5.41, 5.74) is 1.55. The molecule has 4 nitrogen and oxygen atoms in total. The highest BCUT2D eigenvalue weighted by atomic mass is 19.1. The van der Waals surface area contributed by atoms with Crippen LogP contribution in [0.2, 0.25) is 0 Å². The van der Waals surface area contributed by atoms with E-state index in [2.05, 4.69) is 5.32 Å². The zero-order chi connectivity index (χ0) is 16.4. The number of carbonyl (C=O) groups is 1. The van der Waals surface area contributed by atoms with Gasteiger partial charge in [-0.3, -0.25) is 4.79 Å². The fourth-order valence-electron chi connectivity index (χ4n) is 2.67. The zero-order valence-corrected chi connectivity index (χ0v) is 12.7. The number of aliphatic hydroxyl groups is 1. The third kappa shape index (κ3) is 3.35. The molecule has 1 aliphatic heterocycles. The minimum atomic E-state index is -0.914. The maximum atomic E-state index is 12.9. The normalized spacial score (nSPS) is 18.7. The van der Waals surface area contributed by atoms with E-state index in [0.29, 0.717) is 12.0 Å². The molecule has 2 aromatic rings. The molecule has 1 amide bonds. The van der Waals surface area contributed by atoms with Crippen molar-refractivity contribution in [1.82, 2.24) is 5.32 Å². The number of hydrogen-bond acceptors (Lipinski definition) is 3. The molecule has 3 atom stereocenters. The summed E-state index contributed by atoms with van der Waals surface area (Å²) >= 11 is 0. The molecular formula is C18H18FNO3. The van der Waals surface area contributed by atoms with Crippen molar-refractivity contribution in [3.63, 3.8) is 0 Å². The van der Waals surface area contributed by atoms with E-state index in [9.17, 15) is 14.3 Å². The Kier molecular flexibility index (Phi) is 4.30. The van der Waals surface area contributed by atoms with Gasteiger partial charge in [-0.25, -0.2) is 4.39 Å². The Labute approximate surface area is 133 Å². The van der Waals surface area contributed by atoms with Crippen LogP contribution in [0.25, 0.3) is 0 Å². The van der Waals surface area contributed by atoms with E-state index >= 15 is 0 Å². The number of amides is 1. The van der Waals surface area contributed by atoms with Gasteiger partial charge < -0.3 is 15.2 Å². The molecule has 0 aliphatic carbocycles. The summed E-state index contributed by atoms with van der Waals surface area (Å²) in [5, 5.41) is 13.0. The Morgan fingerprint density at radius 2 is 1.96 bits per heavy atom. The van der Waals surface area contributed by atoms with Crippen LogP contribution in [0.3, 0.4) is 0 Å². The average Bonchev–Trinajstić information content (AvgIpc) is 2.99. The second-order valence-electron chi connectivity index (χ2n) is 5.71. The molecule has 0 bridgehead atoms. The predicted molar refractivity (Wildman–Crippen MR) is 83.5 cm³/mol. The Balaban J connectivity index is 1.61. The van der Waals surface area contributed by atoms with Crippen LogP contribution in [0.1, 0.15) is 24.2 Å². The first-order chi connectivity index (χ1) is 11.0. The number of fused-ring (bicyclic) bond motifs is 1. The van der Waals surface area contributed by atoms with E-state index in [4.69, 9.17) is 4.74 Å². The van der Waals surface area contributed by atoms with Crippen molar-refractivity contribution >= 4 is 5.91 Å². The first-order valence-corrected chi connectivity index (χ1v) is 7.53. The molecule has 0 saturated carbocycles. The second kappa shape index (κ2) is 6.38. The molecule has 120 valence electrons. The maximum Gasteiger partial charge on any atom is 0.261 e. The topological polar surface area (TPSA) is 58.6 Å². The van der Waals surface area contributed by atoms with Crippen molar-refractivity contribution in [2.75, 3.05) is 0 Å². The zero-order valence-electron chi connectivity index (χ0n) is 12.7. The van der Waals surface area contributed by atoms with Crippen LogP contribution in [0, 0.1) is 5.82 Å². The Hall–Kier alpha value is -2.40. The monoisotopic (exact) mass is 315 g/mol. The molecule has 3 unspecified atom stereocenters. The van der Waals surface area contributed by atoms with Crippen LogP contribution >= 0.6 is 0 Å². The van der Waals surface area contributed by atoms with Crippen molar-refractivity contribution in [1.29, 1.82) is 0 Å². The number of carbonyl (C=O) groups excluding carboxylic acids is 1. The van der Waals surface area contributed by atoms with Gasteiger partial charge in [-0.05, 0) is 36.2 Å². The van der Waals surface area contributed by atoms with Crippen molar-refractivity contribution in [3.8, 4) is 5.75 Å². The van der Waals surface area contributed by atoms with Crippen LogP contribution < -0.4 is 10.1 Å². The number of ether oxygens (including phenoxy) is 1. The lowest BCUT2D eigenvalue weighted by Gasteiger charge is -2.22. The van der Waals surface area contributed by atoms with Crippen LogP contribution in [0.4, 0.5) is 4.39 Å². The van der Waals surface area contributed by atoms with Crippen molar-refractivity contribution in [2.24, 2.45) is 0 Å². The van der Waals surface area contributed by atoms with Crippen LogP contribution in [-0.4, -0.2) is 23.2 Å². The van der Waals surface area contributed by atoms with Gasteiger partial charge in [-0.2, -0.15) is 0 Å². The summed E-state index contributed by atoms with van der Waals surface area (Å²) in [6.45, 7) is 1.70. The summed E-state index contributed by atoms with van der Waals surface area (Å²) in [6, 6.07) is 12.6. The summed E-state index contributed by atoms with van der Waals surface area (Å²) in [4.78, 5) is 12.3. The first-order valence-electron chi connectivity index (χ1n) is 7.53. The van der Waals surface area contributed by atoms with Gasteiger partial charge in [0.05, 0.1) is 12.1 Å². The van der Waals surface area contributed by atoms with Crippen molar-refractivity contribution < 1.29 is 19.0 Å². The van der Waals surface area contributed by atoms with Gasteiger partial charge in [0.15, 0.2) is 6.10 Å². The molecule has 0 fully saturated rings. The highest BCUT2D eigenvalue weighted by molar-refractivity contribution is 5.82. The van der Waals surface area contributed by atoms with Gasteiger partial charge >= 0.3 is 0 Å². The molecule has 1 aliphatic rings. The fraction of sp³-hybridized carbons (Fsp3) is 0.278. The van der Waals surface area contributed by atoms with E-state index in [1.807, 2.05) is 24.3 Å². The Morgan fingerprint density at radius 3 is 2.65 bits per heavy atom. The minimum absolute atomic E-state index is 0.269. The fourth-order valence-corrected chi connectivity index (χ4v) is 2.67. The Bertz CT molecular complexity index is 677. The number of para-hydroxylation sites is 1. The standard InChI is InChI=1S/C18H18FNO3/c1-11(17(21)12-6-8-14(19)9-7-12)20-18(22)16-10-13-4-2-3-5-15(13)23-16/h2-9,11,16-17,21H,10H2,1H3,(H,20,22). The lowest BCUT2D eigenvalue weighted by Crippen LogP contribution is -2.44. The molecule has 0 radical (unpaired) electrons. The molecule has 3 rings (SSSR count). The maximum absolute atomic E-state index is 12.9. The highest BCUT2D eigenvalue weighted by Crippen LogP contribution is 2.28. The number of nitrogens with one attached hydrogen (secondary N) is 1. The average molecular weight is 315 g/mol. The lowest BCUT2D eigenvalue weighted by atomic mass is 10.0. The molecule has 0 saturated heterocycles. The third-order valence-corrected chi connectivity index (χ3v) is 3.99. The van der Waals surface area contributed by atoms with E-state index in [-0.39, 0.29) is 11.7 Å². The summed E-state index contributed by atoms with van der Waals surface area (Å²) in [7, 11) is 0. The second-order valence-corrected chi connectivity index (χ2v) is 5.71. The van der Waals surface area contributed by atoms with Gasteiger partial charge in [-0.1, -0.05) is 30.3 Å². The lowest BCUT2D eigenvalue weighted by molar-refractivity contribution is -0.128. The van der Waals surface area contributed by atoms with Gasteiger partial charge in [0, 0.05) is 6.42 Å². The molecule has 1 heterocycles. The number of hydrogen-bond donors (Lipinski definition) is 2. The molecule has 2 aromatic carbocycles. The van der Waals surface area contributed by atoms with Gasteiger partial charge in [0.2, 0.25) is 0 Å². The van der Waals surface area contributed by atoms with Crippen molar-refractivity contribution in [2.45, 2.75) is 31.6 Å². The summed E-state index contributed by atoms with van der Waals surface area (Å²) in [5.74, 6) is 0.0870. The first kappa shape index (κ1) is 15.5. The van der Waals surface area contributed by atoms with Gasteiger partial charge in [-0.15, -0.1) is 0 Å². The number of rotatable bonds is 4. The molecule has 0 aromatic heterocycles. The number of halogens is 1. The molecule has 23 heavy (non-hydrogen) atoms. The van der Waals surface area contributed by atoms with E-state index in [1.165, 1.54) is 24.3 Å². The number of benzene rings is 2. The third-order valence-electron chi connectivity index (χ3n) is 3.99. The Morgan fingerprint density at radius 1 is 1.26 bits per heavy atom. The predicted octanol–water partition coefficient (Wildman–Crippen LogP) is 2.37. The van der Waals surface area contributed by atoms with E-state index in [1.54, 1.807) is 6.92 Å². The van der Waals surface area contributed by atoms with Gasteiger partial charge in [0.1, 0.15) is 11.6 Å². The number of aliphatic hydroxyl groups excluding tert-OH is 1. The molecule has 2 N–H and O–H groups in total. The SMILES string of the molecule is CC(NC(=O)C1Cc2ccccc2O1)C(O)c1ccc(F)cc1. The van der Waals surface area contributed by atoms with E-state index < -0.39 is 18.2 Å². The van der Waals surface area contributed by atoms with E-state index in [0.717, 1.165) is 11.3 Å². The quantitative estimate of drug-likeness (QED) is 0.911. The van der Waals surface area contributed by atoms with Crippen LogP contribution in [0.5, 0.6) is 5.75 Å². The molecule has 5 heteroatoms. The molecule has 0 spiro atoms. The molecular weight excluding hydrogens is 297 g/mol. The summed E-state index contributed by atoms with van der Waals surface area (Å²) in [6.07, 6.45) is -0.986. The van der Waals surface area contributed by atoms with Crippen LogP contribution in [0.15, 0.2) is 48.5 Å². The highest BCUT2D eigenvalue weighted by Gasteiger charge is 2.30. The smallest absolute Gasteiger partial charge is 0.261 e.